The average molecular weight is 357 g/mol. The number of rotatable bonds is 2. The van der Waals surface area contributed by atoms with Gasteiger partial charge in [0, 0.05) is 23.6 Å². The highest BCUT2D eigenvalue weighted by atomic mass is 16.6. The lowest BCUT2D eigenvalue weighted by Gasteiger charge is -2.48. The first-order valence-corrected chi connectivity index (χ1v) is 9.79. The molecule has 0 spiro atoms. The summed E-state index contributed by atoms with van der Waals surface area (Å²) < 4.78 is 5.63. The quantitative estimate of drug-likeness (QED) is 0.696. The summed E-state index contributed by atoms with van der Waals surface area (Å²) in [6, 6.07) is 6.26. The number of piperidine rings is 2. The minimum Gasteiger partial charge on any atom is -0.444 e. The normalized spacial score (nSPS) is 25.7. The van der Waals surface area contributed by atoms with Gasteiger partial charge < -0.3 is 9.64 Å². The van der Waals surface area contributed by atoms with Crippen LogP contribution in [0.15, 0.2) is 18.2 Å². The maximum absolute atomic E-state index is 13.2. The third-order valence-corrected chi connectivity index (χ3v) is 5.68. The number of amides is 1. The van der Waals surface area contributed by atoms with Crippen molar-refractivity contribution in [1.29, 1.82) is 0 Å². The van der Waals surface area contributed by atoms with Crippen LogP contribution in [0.5, 0.6) is 0 Å². The number of benzene rings is 1. The van der Waals surface area contributed by atoms with E-state index in [0.717, 1.165) is 48.8 Å². The van der Waals surface area contributed by atoms with E-state index in [1.54, 1.807) is 0 Å². The second-order valence-corrected chi connectivity index (χ2v) is 8.93. The molecule has 2 aliphatic heterocycles. The monoisotopic (exact) mass is 357 g/mol. The van der Waals surface area contributed by atoms with Gasteiger partial charge in [0.15, 0.2) is 5.78 Å². The second kappa shape index (κ2) is 7.05. The van der Waals surface area contributed by atoms with Crippen molar-refractivity contribution in [2.45, 2.75) is 84.4 Å². The Kier molecular flexibility index (Phi) is 5.14. The molecule has 2 unspecified atom stereocenters. The number of carbonyl (C=O) groups excluding carboxylic acids is 2. The maximum atomic E-state index is 13.2. The van der Waals surface area contributed by atoms with Gasteiger partial charge in [0.05, 0.1) is 0 Å². The first-order chi connectivity index (χ1) is 12.2. The van der Waals surface area contributed by atoms with Gasteiger partial charge in [-0.3, -0.25) is 4.79 Å². The molecule has 2 saturated heterocycles. The van der Waals surface area contributed by atoms with Gasteiger partial charge in [-0.2, -0.15) is 0 Å². The number of hydrogen-bond acceptors (Lipinski definition) is 3. The lowest BCUT2D eigenvalue weighted by molar-refractivity contribution is -0.0261. The van der Waals surface area contributed by atoms with Crippen molar-refractivity contribution in [1.82, 2.24) is 4.90 Å². The molecule has 2 bridgehead atoms. The molecule has 0 aromatic heterocycles. The maximum Gasteiger partial charge on any atom is 0.410 e. The molecule has 2 fully saturated rings. The van der Waals surface area contributed by atoms with Crippen molar-refractivity contribution in [2.75, 3.05) is 0 Å². The Bertz CT molecular complexity index is 670. The molecule has 26 heavy (non-hydrogen) atoms. The Morgan fingerprint density at radius 2 is 1.58 bits per heavy atom. The van der Waals surface area contributed by atoms with Crippen LogP contribution in [0.2, 0.25) is 0 Å². The highest BCUT2D eigenvalue weighted by Crippen LogP contribution is 2.39. The zero-order valence-corrected chi connectivity index (χ0v) is 16.7. The van der Waals surface area contributed by atoms with Crippen LogP contribution in [0.25, 0.3) is 0 Å². The number of carbonyl (C=O) groups is 2. The number of fused-ring (bicyclic) bond motifs is 2. The number of nitrogens with zero attached hydrogens (tertiary/aromatic N) is 1. The van der Waals surface area contributed by atoms with Gasteiger partial charge in [0.25, 0.3) is 0 Å². The van der Waals surface area contributed by atoms with Crippen LogP contribution in [0.4, 0.5) is 4.79 Å². The SMILES string of the molecule is Cc1cccc(C)c1C(=O)C1CC2CCCC(C1)N2C(=O)OC(C)(C)C. The van der Waals surface area contributed by atoms with Gasteiger partial charge in [-0.05, 0) is 77.8 Å². The summed E-state index contributed by atoms with van der Waals surface area (Å²) in [5.74, 6) is 0.255. The van der Waals surface area contributed by atoms with E-state index in [1.807, 2.05) is 57.7 Å². The molecule has 2 heterocycles. The largest absolute Gasteiger partial charge is 0.444 e. The smallest absolute Gasteiger partial charge is 0.410 e. The lowest BCUT2D eigenvalue weighted by Crippen LogP contribution is -2.56. The summed E-state index contributed by atoms with van der Waals surface area (Å²) in [4.78, 5) is 27.9. The molecule has 3 rings (SSSR count). The van der Waals surface area contributed by atoms with E-state index in [-0.39, 0.29) is 29.9 Å². The first kappa shape index (κ1) is 18.9. The average Bonchev–Trinajstić information content (AvgIpc) is 2.51. The summed E-state index contributed by atoms with van der Waals surface area (Å²) in [6.45, 7) is 9.72. The van der Waals surface area contributed by atoms with Crippen molar-refractivity contribution >= 4 is 11.9 Å². The van der Waals surface area contributed by atoms with Gasteiger partial charge in [-0.25, -0.2) is 4.79 Å². The van der Waals surface area contributed by atoms with E-state index in [1.165, 1.54) is 0 Å². The Morgan fingerprint density at radius 1 is 1.04 bits per heavy atom. The van der Waals surface area contributed by atoms with Crippen LogP contribution in [0.1, 0.15) is 74.4 Å². The van der Waals surface area contributed by atoms with E-state index < -0.39 is 5.60 Å². The summed E-state index contributed by atoms with van der Waals surface area (Å²) in [6.07, 6.45) is 4.34. The zero-order chi connectivity index (χ0) is 19.1. The third kappa shape index (κ3) is 3.79. The zero-order valence-electron chi connectivity index (χ0n) is 16.7. The molecule has 0 saturated carbocycles. The van der Waals surface area contributed by atoms with Crippen LogP contribution < -0.4 is 0 Å². The first-order valence-electron chi connectivity index (χ1n) is 9.79. The fourth-order valence-corrected chi connectivity index (χ4v) is 4.62. The minimum absolute atomic E-state index is 0.00351. The van der Waals surface area contributed by atoms with Gasteiger partial charge in [-0.1, -0.05) is 18.2 Å². The van der Waals surface area contributed by atoms with Crippen molar-refractivity contribution in [3.8, 4) is 0 Å². The number of aryl methyl sites for hydroxylation is 2. The number of hydrogen-bond donors (Lipinski definition) is 0. The molecule has 0 aliphatic carbocycles. The third-order valence-electron chi connectivity index (χ3n) is 5.68. The molecule has 2 atom stereocenters. The summed E-state index contributed by atoms with van der Waals surface area (Å²) >= 11 is 0. The van der Waals surface area contributed by atoms with Crippen LogP contribution in [0, 0.1) is 19.8 Å². The molecule has 142 valence electrons. The van der Waals surface area contributed by atoms with Crippen LogP contribution in [-0.2, 0) is 4.74 Å². The number of ketones is 1. The molecule has 1 aromatic rings. The van der Waals surface area contributed by atoms with Crippen LogP contribution in [-0.4, -0.2) is 34.5 Å². The van der Waals surface area contributed by atoms with Gasteiger partial charge >= 0.3 is 6.09 Å². The predicted molar refractivity (Wildman–Crippen MR) is 102 cm³/mol. The van der Waals surface area contributed by atoms with Crippen molar-refractivity contribution in [3.63, 3.8) is 0 Å². The topological polar surface area (TPSA) is 46.6 Å². The molecule has 0 N–H and O–H groups in total. The minimum atomic E-state index is -0.490. The van der Waals surface area contributed by atoms with Crippen LogP contribution >= 0.6 is 0 Å². The number of Topliss-reactive ketones (excluding diaryl/α,β-unsaturated/α-hetero) is 1. The Morgan fingerprint density at radius 3 is 2.08 bits per heavy atom. The van der Waals surface area contributed by atoms with Crippen molar-refractivity contribution in [2.24, 2.45) is 5.92 Å². The molecule has 4 nitrogen and oxygen atoms in total. The molecular formula is C22H31NO3. The van der Waals surface area contributed by atoms with E-state index in [9.17, 15) is 9.59 Å². The van der Waals surface area contributed by atoms with Crippen molar-refractivity contribution < 1.29 is 14.3 Å². The Balaban J connectivity index is 1.79. The highest BCUT2D eigenvalue weighted by molar-refractivity contribution is 6.00. The van der Waals surface area contributed by atoms with Gasteiger partial charge in [0.1, 0.15) is 5.60 Å². The van der Waals surface area contributed by atoms with Crippen molar-refractivity contribution in [3.05, 3.63) is 34.9 Å². The predicted octanol–water partition coefficient (Wildman–Crippen LogP) is 5.05. The standard InChI is InChI=1S/C22H31NO3/c1-14-8-6-9-15(2)19(14)20(24)16-12-17-10-7-11-18(13-16)23(17)21(25)26-22(3,4)5/h6,8-9,16-18H,7,10-13H2,1-5H3. The molecule has 1 amide bonds. The Labute approximate surface area is 156 Å². The van der Waals surface area contributed by atoms with E-state index in [0.29, 0.717) is 0 Å². The molecule has 0 radical (unpaired) electrons. The van der Waals surface area contributed by atoms with Gasteiger partial charge in [-0.15, -0.1) is 0 Å². The van der Waals surface area contributed by atoms with E-state index >= 15 is 0 Å². The van der Waals surface area contributed by atoms with Crippen LogP contribution in [0.3, 0.4) is 0 Å². The Hall–Kier alpha value is -1.84. The number of ether oxygens (including phenoxy) is 1. The lowest BCUT2D eigenvalue weighted by atomic mass is 9.75. The summed E-state index contributed by atoms with van der Waals surface area (Å²) in [5.41, 5.74) is 2.49. The molecule has 2 aliphatic rings. The fraction of sp³-hybridized carbons (Fsp3) is 0.636. The second-order valence-electron chi connectivity index (χ2n) is 8.93. The molecular weight excluding hydrogens is 326 g/mol. The summed E-state index contributed by atoms with van der Waals surface area (Å²) in [7, 11) is 0. The van der Waals surface area contributed by atoms with Gasteiger partial charge in [0.2, 0.25) is 0 Å². The highest BCUT2D eigenvalue weighted by Gasteiger charge is 2.44. The van der Waals surface area contributed by atoms with E-state index in [2.05, 4.69) is 0 Å². The van der Waals surface area contributed by atoms with E-state index in [4.69, 9.17) is 4.74 Å². The fourth-order valence-electron chi connectivity index (χ4n) is 4.62. The molecule has 1 aromatic carbocycles. The molecule has 4 heteroatoms. The summed E-state index contributed by atoms with van der Waals surface area (Å²) in [5, 5.41) is 0.